The van der Waals surface area contributed by atoms with Gasteiger partial charge >= 0.3 is 5.97 Å². The van der Waals surface area contributed by atoms with Crippen molar-refractivity contribution >= 4 is 22.8 Å². The lowest BCUT2D eigenvalue weighted by Gasteiger charge is -1.95. The molecular weight excluding hydrogens is 196 g/mol. The van der Waals surface area contributed by atoms with Gasteiger partial charge in [0.25, 0.3) is 5.91 Å². The van der Waals surface area contributed by atoms with Gasteiger partial charge in [-0.15, -0.1) is 0 Å². The average Bonchev–Trinajstić information content (AvgIpc) is 2.59. The van der Waals surface area contributed by atoms with Crippen LogP contribution in [0.15, 0.2) is 24.4 Å². The molecule has 5 heteroatoms. The highest BCUT2D eigenvalue weighted by Gasteiger charge is 2.10. The molecule has 15 heavy (non-hydrogen) atoms. The van der Waals surface area contributed by atoms with Crippen LogP contribution in [-0.4, -0.2) is 22.0 Å². The topological polar surface area (TPSA) is 96.2 Å². The zero-order valence-corrected chi connectivity index (χ0v) is 7.65. The average molecular weight is 204 g/mol. The van der Waals surface area contributed by atoms with E-state index < -0.39 is 11.9 Å². The lowest BCUT2D eigenvalue weighted by molar-refractivity contribution is 0.0697. The van der Waals surface area contributed by atoms with E-state index in [0.29, 0.717) is 16.5 Å². The molecule has 0 saturated carbocycles. The van der Waals surface area contributed by atoms with Crippen LogP contribution in [0, 0.1) is 0 Å². The van der Waals surface area contributed by atoms with Crippen LogP contribution in [0.1, 0.15) is 20.7 Å². The molecule has 0 aliphatic carbocycles. The molecule has 0 spiro atoms. The Morgan fingerprint density at radius 3 is 2.67 bits per heavy atom. The number of carbonyl (C=O) groups excluding carboxylic acids is 1. The van der Waals surface area contributed by atoms with E-state index in [2.05, 4.69) is 4.98 Å². The summed E-state index contributed by atoms with van der Waals surface area (Å²) in [5.74, 6) is -1.54. The smallest absolute Gasteiger partial charge is 0.335 e. The molecule has 0 radical (unpaired) electrons. The molecule has 2 aromatic rings. The first-order valence-electron chi connectivity index (χ1n) is 4.24. The van der Waals surface area contributed by atoms with Crippen LogP contribution in [0.5, 0.6) is 0 Å². The quantitative estimate of drug-likeness (QED) is 0.679. The van der Waals surface area contributed by atoms with Crippen molar-refractivity contribution in [2.45, 2.75) is 0 Å². The van der Waals surface area contributed by atoms with Gasteiger partial charge < -0.3 is 15.8 Å². The molecule has 1 aromatic carbocycles. The van der Waals surface area contributed by atoms with Crippen molar-refractivity contribution in [3.63, 3.8) is 0 Å². The first kappa shape index (κ1) is 9.26. The number of carboxylic acids is 1. The summed E-state index contributed by atoms with van der Waals surface area (Å²) in [5.41, 5.74) is 6.26. The van der Waals surface area contributed by atoms with E-state index in [0.717, 1.165) is 0 Å². The second-order valence-electron chi connectivity index (χ2n) is 3.13. The molecule has 1 amide bonds. The number of benzene rings is 1. The van der Waals surface area contributed by atoms with E-state index in [1.54, 1.807) is 6.07 Å². The van der Waals surface area contributed by atoms with Crippen LogP contribution < -0.4 is 5.73 Å². The summed E-state index contributed by atoms with van der Waals surface area (Å²) in [7, 11) is 0. The third-order valence-electron chi connectivity index (χ3n) is 2.19. The molecule has 5 nitrogen and oxygen atoms in total. The monoisotopic (exact) mass is 204 g/mol. The van der Waals surface area contributed by atoms with Crippen LogP contribution in [-0.2, 0) is 0 Å². The molecule has 0 unspecified atom stereocenters. The van der Waals surface area contributed by atoms with Crippen molar-refractivity contribution in [3.05, 3.63) is 35.5 Å². The van der Waals surface area contributed by atoms with Gasteiger partial charge in [0.15, 0.2) is 0 Å². The highest BCUT2D eigenvalue weighted by molar-refractivity contribution is 6.07. The van der Waals surface area contributed by atoms with Gasteiger partial charge in [-0.25, -0.2) is 4.79 Å². The molecular formula is C10H8N2O3. The zero-order chi connectivity index (χ0) is 11.0. The number of carboxylic acid groups (broad SMARTS) is 1. The Kier molecular flexibility index (Phi) is 1.93. The van der Waals surface area contributed by atoms with E-state index in [4.69, 9.17) is 10.8 Å². The number of fused-ring (bicyclic) bond motifs is 1. The normalized spacial score (nSPS) is 10.4. The minimum absolute atomic E-state index is 0.167. The number of aromatic nitrogens is 1. The number of rotatable bonds is 2. The van der Waals surface area contributed by atoms with Crippen LogP contribution >= 0.6 is 0 Å². The molecule has 0 aliphatic heterocycles. The van der Waals surface area contributed by atoms with Crippen molar-refractivity contribution in [2.24, 2.45) is 5.73 Å². The number of hydrogen-bond acceptors (Lipinski definition) is 2. The number of hydrogen-bond donors (Lipinski definition) is 3. The summed E-state index contributed by atoms with van der Waals surface area (Å²) in [6.45, 7) is 0. The number of amides is 1. The predicted octanol–water partition coefficient (Wildman–Crippen LogP) is 0.965. The van der Waals surface area contributed by atoms with Gasteiger partial charge in [-0.3, -0.25) is 4.79 Å². The van der Waals surface area contributed by atoms with Crippen molar-refractivity contribution in [1.82, 2.24) is 4.98 Å². The van der Waals surface area contributed by atoms with Gasteiger partial charge in [0.2, 0.25) is 0 Å². The number of nitrogens with two attached hydrogens (primary N) is 1. The number of aromatic amines is 1. The molecule has 1 heterocycles. The highest BCUT2D eigenvalue weighted by Crippen LogP contribution is 2.19. The molecule has 0 fully saturated rings. The van der Waals surface area contributed by atoms with Crippen LogP contribution in [0.25, 0.3) is 10.9 Å². The van der Waals surface area contributed by atoms with Gasteiger partial charge in [-0.1, -0.05) is 6.07 Å². The Balaban J connectivity index is 2.66. The number of primary amides is 1. The molecule has 1 aromatic heterocycles. The van der Waals surface area contributed by atoms with Crippen molar-refractivity contribution in [1.29, 1.82) is 0 Å². The first-order valence-corrected chi connectivity index (χ1v) is 4.24. The Labute approximate surface area is 84.5 Å². The summed E-state index contributed by atoms with van der Waals surface area (Å²) in [4.78, 5) is 24.5. The van der Waals surface area contributed by atoms with Crippen molar-refractivity contribution in [3.8, 4) is 0 Å². The number of aromatic carboxylic acids is 1. The van der Waals surface area contributed by atoms with Crippen molar-refractivity contribution < 1.29 is 14.7 Å². The van der Waals surface area contributed by atoms with E-state index in [9.17, 15) is 9.59 Å². The maximum atomic E-state index is 11.0. The predicted molar refractivity (Wildman–Crippen MR) is 53.8 cm³/mol. The van der Waals surface area contributed by atoms with Crippen LogP contribution in [0.3, 0.4) is 0 Å². The number of H-pyrrole nitrogens is 1. The maximum absolute atomic E-state index is 11.0. The lowest BCUT2D eigenvalue weighted by Crippen LogP contribution is -2.09. The van der Waals surface area contributed by atoms with Crippen LogP contribution in [0.2, 0.25) is 0 Å². The Bertz CT molecular complexity index is 557. The SMILES string of the molecule is NC(=O)c1c[nH]c2cc(C(=O)O)ccc12. The highest BCUT2D eigenvalue weighted by atomic mass is 16.4. The van der Waals surface area contributed by atoms with E-state index in [-0.39, 0.29) is 5.56 Å². The number of carbonyl (C=O) groups is 2. The van der Waals surface area contributed by atoms with Crippen molar-refractivity contribution in [2.75, 3.05) is 0 Å². The summed E-state index contributed by atoms with van der Waals surface area (Å²) in [5, 5.41) is 9.39. The fourth-order valence-electron chi connectivity index (χ4n) is 1.46. The first-order chi connectivity index (χ1) is 7.09. The molecule has 0 aliphatic rings. The Morgan fingerprint density at radius 2 is 2.07 bits per heavy atom. The van der Waals surface area contributed by atoms with Gasteiger partial charge in [0.1, 0.15) is 0 Å². The molecule has 4 N–H and O–H groups in total. The Hall–Kier alpha value is -2.30. The molecule has 76 valence electrons. The van der Waals surface area contributed by atoms with E-state index in [1.807, 2.05) is 0 Å². The van der Waals surface area contributed by atoms with E-state index in [1.165, 1.54) is 18.3 Å². The fraction of sp³-hybridized carbons (Fsp3) is 0. The third kappa shape index (κ3) is 1.43. The molecule has 0 saturated heterocycles. The molecule has 2 rings (SSSR count). The standard InChI is InChI=1S/C10H8N2O3/c11-9(13)7-4-12-8-3-5(10(14)15)1-2-6(7)8/h1-4,12H,(H2,11,13)(H,14,15). The second-order valence-corrected chi connectivity index (χ2v) is 3.13. The summed E-state index contributed by atoms with van der Waals surface area (Å²) >= 11 is 0. The maximum Gasteiger partial charge on any atom is 0.335 e. The second kappa shape index (κ2) is 3.13. The minimum atomic E-state index is -1.01. The summed E-state index contributed by atoms with van der Waals surface area (Å²) < 4.78 is 0. The van der Waals surface area contributed by atoms with E-state index >= 15 is 0 Å². The minimum Gasteiger partial charge on any atom is -0.478 e. The van der Waals surface area contributed by atoms with Gasteiger partial charge in [-0.2, -0.15) is 0 Å². The fourth-order valence-corrected chi connectivity index (χ4v) is 1.46. The third-order valence-corrected chi connectivity index (χ3v) is 2.19. The number of nitrogens with one attached hydrogen (secondary N) is 1. The lowest BCUT2D eigenvalue weighted by atomic mass is 10.1. The van der Waals surface area contributed by atoms with Gasteiger partial charge in [-0.05, 0) is 12.1 Å². The molecule has 0 atom stereocenters. The Morgan fingerprint density at radius 1 is 1.33 bits per heavy atom. The summed E-state index contributed by atoms with van der Waals surface area (Å²) in [6, 6.07) is 4.46. The van der Waals surface area contributed by atoms with Gasteiger partial charge in [0, 0.05) is 17.1 Å². The largest absolute Gasteiger partial charge is 0.478 e. The zero-order valence-electron chi connectivity index (χ0n) is 7.65. The van der Waals surface area contributed by atoms with Crippen LogP contribution in [0.4, 0.5) is 0 Å². The summed E-state index contributed by atoms with van der Waals surface area (Å²) in [6.07, 6.45) is 1.47. The van der Waals surface area contributed by atoms with Gasteiger partial charge in [0.05, 0.1) is 11.1 Å². The molecule has 0 bridgehead atoms.